The molecule has 1 N–H and O–H groups in total. The Morgan fingerprint density at radius 3 is 2.55 bits per heavy atom. The van der Waals surface area contributed by atoms with Gasteiger partial charge in [0.05, 0.1) is 7.11 Å². The molecule has 0 saturated carbocycles. The fraction of sp³-hybridized carbons (Fsp3) is 0.467. The van der Waals surface area contributed by atoms with Gasteiger partial charge in [-0.1, -0.05) is 30.3 Å². The van der Waals surface area contributed by atoms with Gasteiger partial charge in [-0.3, -0.25) is 4.79 Å². The van der Waals surface area contributed by atoms with Crippen LogP contribution in [0.3, 0.4) is 0 Å². The van der Waals surface area contributed by atoms with E-state index in [1.54, 1.807) is 0 Å². The zero-order valence-electron chi connectivity index (χ0n) is 11.6. The first-order valence-electron chi connectivity index (χ1n) is 6.64. The normalized spacial score (nSPS) is 11.7. The van der Waals surface area contributed by atoms with Crippen LogP contribution >= 0.6 is 11.6 Å². The van der Waals surface area contributed by atoms with Crippen LogP contribution in [0.2, 0.25) is 0 Å². The third-order valence-corrected chi connectivity index (χ3v) is 3.16. The van der Waals surface area contributed by atoms with E-state index in [0.717, 1.165) is 12.0 Å². The van der Waals surface area contributed by atoms with Gasteiger partial charge in [0, 0.05) is 18.7 Å². The summed E-state index contributed by atoms with van der Waals surface area (Å²) in [5.74, 6) is -0.0430. The molecule has 0 aromatic heterocycles. The van der Waals surface area contributed by atoms with Gasteiger partial charge in [0.25, 0.3) is 0 Å². The largest absolute Gasteiger partial charge is 0.467 e. The third kappa shape index (κ3) is 6.06. The summed E-state index contributed by atoms with van der Waals surface area (Å²) in [5.41, 5.74) is 0.976. The standard InChI is InChI=1S/C15H20ClNO3/c1-20-15(19)13(11-12-7-3-2-4-8-12)17-14(18)9-5-6-10-16/h2-4,7-8,13H,5-6,9-11H2,1H3,(H,17,18). The number of unbranched alkanes of at least 4 members (excludes halogenated alkanes) is 1. The molecule has 4 nitrogen and oxygen atoms in total. The van der Waals surface area contributed by atoms with Crippen molar-refractivity contribution >= 4 is 23.5 Å². The van der Waals surface area contributed by atoms with Gasteiger partial charge < -0.3 is 10.1 Å². The number of carbonyl (C=O) groups excluding carboxylic acids is 2. The van der Waals surface area contributed by atoms with Crippen LogP contribution in [0.1, 0.15) is 24.8 Å². The lowest BCUT2D eigenvalue weighted by Crippen LogP contribution is -2.43. The number of benzene rings is 1. The van der Waals surface area contributed by atoms with Crippen molar-refractivity contribution in [2.24, 2.45) is 0 Å². The van der Waals surface area contributed by atoms with Gasteiger partial charge >= 0.3 is 5.97 Å². The average Bonchev–Trinajstić information content (AvgIpc) is 2.47. The number of ether oxygens (including phenoxy) is 1. The first-order chi connectivity index (χ1) is 9.67. The van der Waals surface area contributed by atoms with Crippen molar-refractivity contribution in [2.75, 3.05) is 13.0 Å². The van der Waals surface area contributed by atoms with Gasteiger partial charge in [0.1, 0.15) is 6.04 Å². The van der Waals surface area contributed by atoms with Gasteiger partial charge in [-0.15, -0.1) is 11.6 Å². The molecule has 1 amide bonds. The molecule has 1 rings (SSSR count). The molecule has 0 aliphatic rings. The third-order valence-electron chi connectivity index (χ3n) is 2.89. The maximum Gasteiger partial charge on any atom is 0.328 e. The van der Waals surface area contributed by atoms with Crippen molar-refractivity contribution < 1.29 is 14.3 Å². The van der Waals surface area contributed by atoms with E-state index in [2.05, 4.69) is 5.32 Å². The maximum atomic E-state index is 11.8. The SMILES string of the molecule is COC(=O)C(Cc1ccccc1)NC(=O)CCCCCl. The quantitative estimate of drug-likeness (QED) is 0.455. The van der Waals surface area contributed by atoms with Gasteiger partial charge in [-0.25, -0.2) is 4.79 Å². The number of esters is 1. The van der Waals surface area contributed by atoms with Crippen molar-refractivity contribution in [3.05, 3.63) is 35.9 Å². The summed E-state index contributed by atoms with van der Waals surface area (Å²) in [6.07, 6.45) is 2.30. The Bertz CT molecular complexity index is 422. The number of halogens is 1. The minimum absolute atomic E-state index is 0.151. The molecule has 0 bridgehead atoms. The highest BCUT2D eigenvalue weighted by Crippen LogP contribution is 2.05. The topological polar surface area (TPSA) is 55.4 Å². The maximum absolute atomic E-state index is 11.8. The molecular weight excluding hydrogens is 278 g/mol. The smallest absolute Gasteiger partial charge is 0.328 e. The molecule has 5 heteroatoms. The highest BCUT2D eigenvalue weighted by atomic mass is 35.5. The highest BCUT2D eigenvalue weighted by Gasteiger charge is 2.21. The van der Waals surface area contributed by atoms with Crippen molar-refractivity contribution in [3.8, 4) is 0 Å². The molecule has 1 aromatic rings. The number of alkyl halides is 1. The summed E-state index contributed by atoms with van der Waals surface area (Å²) in [5, 5.41) is 2.72. The molecule has 0 heterocycles. The van der Waals surface area contributed by atoms with Crippen molar-refractivity contribution in [1.82, 2.24) is 5.32 Å². The number of methoxy groups -OCH3 is 1. The summed E-state index contributed by atoms with van der Waals surface area (Å²) in [7, 11) is 1.32. The van der Waals surface area contributed by atoms with E-state index in [1.807, 2.05) is 30.3 Å². The lowest BCUT2D eigenvalue weighted by atomic mass is 10.1. The minimum atomic E-state index is -0.647. The number of hydrogen-bond donors (Lipinski definition) is 1. The number of nitrogens with one attached hydrogen (secondary N) is 1. The van der Waals surface area contributed by atoms with Crippen LogP contribution in [0.25, 0.3) is 0 Å². The van der Waals surface area contributed by atoms with E-state index in [-0.39, 0.29) is 5.91 Å². The fourth-order valence-corrected chi connectivity index (χ4v) is 2.02. The predicted octanol–water partition coefficient (Wildman–Crippen LogP) is 2.30. The molecule has 1 aromatic carbocycles. The molecular formula is C15H20ClNO3. The number of rotatable bonds is 8. The Morgan fingerprint density at radius 2 is 1.95 bits per heavy atom. The fourth-order valence-electron chi connectivity index (χ4n) is 1.83. The van der Waals surface area contributed by atoms with E-state index in [4.69, 9.17) is 16.3 Å². The average molecular weight is 298 g/mol. The van der Waals surface area contributed by atoms with Gasteiger partial charge in [-0.2, -0.15) is 0 Å². The van der Waals surface area contributed by atoms with Crippen LogP contribution in [0.15, 0.2) is 30.3 Å². The zero-order valence-corrected chi connectivity index (χ0v) is 12.4. The van der Waals surface area contributed by atoms with Crippen LogP contribution in [-0.4, -0.2) is 30.9 Å². The lowest BCUT2D eigenvalue weighted by Gasteiger charge is -2.16. The Balaban J connectivity index is 2.56. The van der Waals surface area contributed by atoms with E-state index in [0.29, 0.717) is 25.1 Å². The van der Waals surface area contributed by atoms with Crippen molar-refractivity contribution in [1.29, 1.82) is 0 Å². The van der Waals surface area contributed by atoms with Crippen LogP contribution < -0.4 is 5.32 Å². The predicted molar refractivity (Wildman–Crippen MR) is 78.7 cm³/mol. The van der Waals surface area contributed by atoms with Crippen molar-refractivity contribution in [2.45, 2.75) is 31.7 Å². The molecule has 0 aliphatic heterocycles. The Labute approximate surface area is 124 Å². The monoisotopic (exact) mass is 297 g/mol. The van der Waals surface area contributed by atoms with Crippen LogP contribution in [0.5, 0.6) is 0 Å². The highest BCUT2D eigenvalue weighted by molar-refractivity contribution is 6.17. The summed E-state index contributed by atoms with van der Waals surface area (Å²) >= 11 is 5.57. The van der Waals surface area contributed by atoms with Crippen LogP contribution in [0, 0.1) is 0 Å². The first kappa shape index (κ1) is 16.5. The number of carbonyl (C=O) groups is 2. The van der Waals surface area contributed by atoms with Crippen LogP contribution in [-0.2, 0) is 20.7 Å². The molecule has 0 aliphatic carbocycles. The molecule has 0 saturated heterocycles. The zero-order chi connectivity index (χ0) is 14.8. The number of amides is 1. The molecule has 0 spiro atoms. The second-order valence-electron chi connectivity index (χ2n) is 4.48. The molecule has 0 fully saturated rings. The Hall–Kier alpha value is -1.55. The van der Waals surface area contributed by atoms with E-state index in [1.165, 1.54) is 7.11 Å². The Morgan fingerprint density at radius 1 is 1.25 bits per heavy atom. The second kappa shape index (κ2) is 9.37. The summed E-state index contributed by atoms with van der Waals surface area (Å²) < 4.78 is 4.74. The summed E-state index contributed by atoms with van der Waals surface area (Å²) in [4.78, 5) is 23.5. The summed E-state index contributed by atoms with van der Waals surface area (Å²) in [6, 6.07) is 8.87. The van der Waals surface area contributed by atoms with E-state index in [9.17, 15) is 9.59 Å². The summed E-state index contributed by atoms with van der Waals surface area (Å²) in [6.45, 7) is 0. The first-order valence-corrected chi connectivity index (χ1v) is 7.18. The molecule has 1 atom stereocenters. The number of hydrogen-bond acceptors (Lipinski definition) is 3. The van der Waals surface area contributed by atoms with Gasteiger partial charge in [-0.05, 0) is 18.4 Å². The second-order valence-corrected chi connectivity index (χ2v) is 4.86. The van der Waals surface area contributed by atoms with Crippen LogP contribution in [0.4, 0.5) is 0 Å². The Kier molecular flexibility index (Phi) is 7.73. The van der Waals surface area contributed by atoms with E-state index < -0.39 is 12.0 Å². The lowest BCUT2D eigenvalue weighted by molar-refractivity contribution is -0.145. The van der Waals surface area contributed by atoms with Gasteiger partial charge in [0.2, 0.25) is 5.91 Å². The van der Waals surface area contributed by atoms with Gasteiger partial charge in [0.15, 0.2) is 0 Å². The molecule has 1 unspecified atom stereocenters. The van der Waals surface area contributed by atoms with Crippen molar-refractivity contribution in [3.63, 3.8) is 0 Å². The van der Waals surface area contributed by atoms with E-state index >= 15 is 0 Å². The molecule has 0 radical (unpaired) electrons. The minimum Gasteiger partial charge on any atom is -0.467 e. The molecule has 20 heavy (non-hydrogen) atoms. The molecule has 110 valence electrons.